The maximum atomic E-state index is 11.4. The fourth-order valence-corrected chi connectivity index (χ4v) is 1.53. The minimum atomic E-state index is -0.677. The molecule has 0 atom stereocenters. The highest BCUT2D eigenvalue weighted by molar-refractivity contribution is 6.31. The lowest BCUT2D eigenvalue weighted by Gasteiger charge is -2.07. The molecule has 0 aliphatic heterocycles. The molecule has 0 aliphatic carbocycles. The molecule has 110 valence electrons. The van der Waals surface area contributed by atoms with Gasteiger partial charge in [-0.25, -0.2) is 9.97 Å². The monoisotopic (exact) mass is 303 g/mol. The third kappa shape index (κ3) is 4.94. The first-order valence-corrected chi connectivity index (χ1v) is 6.08. The number of halogens is 1. The maximum Gasteiger partial charge on any atom is 0.348 e. The Labute approximate surface area is 119 Å². The highest BCUT2D eigenvalue weighted by Gasteiger charge is 2.21. The zero-order valence-electron chi connectivity index (χ0n) is 10.8. The fraction of sp³-hybridized carbons (Fsp3) is 0.500. The topological polar surface area (TPSA) is 119 Å². The van der Waals surface area contributed by atoms with E-state index in [0.717, 1.165) is 6.33 Å². The molecule has 0 aliphatic rings. The van der Waals surface area contributed by atoms with E-state index in [1.807, 2.05) is 0 Å². The van der Waals surface area contributed by atoms with Crippen LogP contribution in [-0.4, -0.2) is 47.6 Å². The summed E-state index contributed by atoms with van der Waals surface area (Å²) in [7, 11) is 1.53. The lowest BCUT2D eigenvalue weighted by atomic mass is 10.3. The molecule has 10 heteroatoms. The lowest BCUT2D eigenvalue weighted by molar-refractivity contribution is -0.384. The summed E-state index contributed by atoms with van der Waals surface area (Å²) in [6.07, 6.45) is 1.25. The van der Waals surface area contributed by atoms with Crippen LogP contribution >= 0.6 is 11.6 Å². The summed E-state index contributed by atoms with van der Waals surface area (Å²) < 4.78 is 4.78. The minimum absolute atomic E-state index is 0.0142. The predicted molar refractivity (Wildman–Crippen MR) is 71.7 cm³/mol. The van der Waals surface area contributed by atoms with Gasteiger partial charge in [-0.05, 0) is 0 Å². The molecule has 0 unspecified atom stereocenters. The Hall–Kier alpha value is -2.00. The number of anilines is 1. The van der Waals surface area contributed by atoms with Gasteiger partial charge in [-0.2, -0.15) is 0 Å². The number of carbonyl (C=O) groups is 1. The Morgan fingerprint density at radius 2 is 2.25 bits per heavy atom. The number of hydrogen-bond acceptors (Lipinski definition) is 7. The Balaban J connectivity index is 2.48. The molecule has 20 heavy (non-hydrogen) atoms. The highest BCUT2D eigenvalue weighted by Crippen LogP contribution is 2.27. The van der Waals surface area contributed by atoms with Gasteiger partial charge < -0.3 is 15.4 Å². The lowest BCUT2D eigenvalue weighted by Crippen LogP contribution is -2.28. The summed E-state index contributed by atoms with van der Waals surface area (Å²) in [5, 5.41) is 15.9. The van der Waals surface area contributed by atoms with Crippen molar-refractivity contribution in [1.29, 1.82) is 0 Å². The molecule has 1 aromatic rings. The maximum absolute atomic E-state index is 11.4. The van der Waals surface area contributed by atoms with Crippen molar-refractivity contribution < 1.29 is 14.5 Å². The predicted octanol–water partition coefficient (Wildman–Crippen LogP) is 0.603. The quantitative estimate of drug-likeness (QED) is 0.312. The van der Waals surface area contributed by atoms with E-state index >= 15 is 0 Å². The number of nitrogens with zero attached hydrogens (tertiary/aromatic N) is 3. The third-order valence-electron chi connectivity index (χ3n) is 2.23. The highest BCUT2D eigenvalue weighted by atomic mass is 35.5. The van der Waals surface area contributed by atoms with Gasteiger partial charge >= 0.3 is 5.69 Å². The van der Waals surface area contributed by atoms with E-state index in [9.17, 15) is 14.9 Å². The second kappa shape index (κ2) is 8.23. The van der Waals surface area contributed by atoms with E-state index in [2.05, 4.69) is 20.6 Å². The van der Waals surface area contributed by atoms with Crippen LogP contribution in [-0.2, 0) is 9.53 Å². The van der Waals surface area contributed by atoms with E-state index in [-0.39, 0.29) is 29.8 Å². The van der Waals surface area contributed by atoms with Crippen molar-refractivity contribution in [3.8, 4) is 0 Å². The SMILES string of the molecule is COCCNC(=O)CCNc1ncnc(Cl)c1[N+](=O)[O-]. The van der Waals surface area contributed by atoms with Gasteiger partial charge in [0, 0.05) is 26.6 Å². The van der Waals surface area contributed by atoms with Crippen molar-refractivity contribution in [2.45, 2.75) is 6.42 Å². The third-order valence-corrected chi connectivity index (χ3v) is 2.51. The van der Waals surface area contributed by atoms with Crippen LogP contribution in [0.1, 0.15) is 6.42 Å². The van der Waals surface area contributed by atoms with Gasteiger partial charge in [0.25, 0.3) is 0 Å². The van der Waals surface area contributed by atoms with E-state index in [1.165, 1.54) is 7.11 Å². The average Bonchev–Trinajstić information content (AvgIpc) is 2.38. The number of ether oxygens (including phenoxy) is 1. The number of hydrogen-bond donors (Lipinski definition) is 2. The number of amides is 1. The average molecular weight is 304 g/mol. The summed E-state index contributed by atoms with van der Waals surface area (Å²) in [6.45, 7) is 1.02. The van der Waals surface area contributed by atoms with E-state index in [0.29, 0.717) is 13.2 Å². The molecule has 2 N–H and O–H groups in total. The van der Waals surface area contributed by atoms with E-state index in [1.54, 1.807) is 0 Å². The summed E-state index contributed by atoms with van der Waals surface area (Å²) in [5.41, 5.74) is -0.408. The molecular formula is C10H14ClN5O4. The summed E-state index contributed by atoms with van der Waals surface area (Å²) in [4.78, 5) is 28.8. The molecule has 0 fully saturated rings. The molecule has 1 amide bonds. The summed E-state index contributed by atoms with van der Waals surface area (Å²) >= 11 is 5.62. The molecule has 1 rings (SSSR count). The second-order valence-corrected chi connectivity index (χ2v) is 4.00. The number of nitrogens with one attached hydrogen (secondary N) is 2. The number of methoxy groups -OCH3 is 1. The van der Waals surface area contributed by atoms with Gasteiger partial charge in [-0.3, -0.25) is 14.9 Å². The standard InChI is InChI=1S/C10H14ClN5O4/c1-20-5-4-12-7(17)2-3-13-10-8(16(18)19)9(11)14-6-15-10/h6H,2-5H2,1H3,(H,12,17)(H,13,14,15). The van der Waals surface area contributed by atoms with E-state index < -0.39 is 10.6 Å². The van der Waals surface area contributed by atoms with Crippen LogP contribution in [0.25, 0.3) is 0 Å². The first kappa shape index (κ1) is 16.1. The van der Waals surface area contributed by atoms with Crippen LogP contribution in [0.2, 0.25) is 5.15 Å². The molecule has 0 saturated heterocycles. The first-order chi connectivity index (χ1) is 9.56. The molecule has 0 radical (unpaired) electrons. The summed E-state index contributed by atoms with van der Waals surface area (Å²) in [5.74, 6) is -0.211. The number of rotatable bonds is 8. The van der Waals surface area contributed by atoms with Crippen LogP contribution in [0.4, 0.5) is 11.5 Å². The normalized spacial score (nSPS) is 10.1. The van der Waals surface area contributed by atoms with Crippen LogP contribution in [0.3, 0.4) is 0 Å². The Kier molecular flexibility index (Phi) is 6.60. The number of aromatic nitrogens is 2. The largest absolute Gasteiger partial charge is 0.383 e. The summed E-state index contributed by atoms with van der Waals surface area (Å²) in [6, 6.07) is 0. The van der Waals surface area contributed by atoms with Crippen LogP contribution in [0.15, 0.2) is 6.33 Å². The molecule has 1 heterocycles. The van der Waals surface area contributed by atoms with Gasteiger partial charge in [0.05, 0.1) is 11.5 Å². The molecule has 1 aromatic heterocycles. The van der Waals surface area contributed by atoms with Crippen molar-refractivity contribution in [3.63, 3.8) is 0 Å². The zero-order valence-corrected chi connectivity index (χ0v) is 11.5. The Bertz CT molecular complexity index is 485. The molecule has 0 spiro atoms. The first-order valence-electron chi connectivity index (χ1n) is 5.70. The van der Waals surface area contributed by atoms with Gasteiger partial charge in [-0.1, -0.05) is 11.6 Å². The smallest absolute Gasteiger partial charge is 0.348 e. The molecule has 0 bridgehead atoms. The van der Waals surface area contributed by atoms with Crippen molar-refractivity contribution in [2.75, 3.05) is 32.1 Å². The van der Waals surface area contributed by atoms with Crippen molar-refractivity contribution in [3.05, 3.63) is 21.6 Å². The van der Waals surface area contributed by atoms with Crippen LogP contribution in [0.5, 0.6) is 0 Å². The molecular weight excluding hydrogens is 290 g/mol. The fourth-order valence-electron chi connectivity index (χ4n) is 1.32. The Morgan fingerprint density at radius 3 is 2.90 bits per heavy atom. The number of nitro groups is 1. The van der Waals surface area contributed by atoms with Crippen LogP contribution < -0.4 is 10.6 Å². The minimum Gasteiger partial charge on any atom is -0.383 e. The van der Waals surface area contributed by atoms with Crippen molar-refractivity contribution in [1.82, 2.24) is 15.3 Å². The van der Waals surface area contributed by atoms with Crippen LogP contribution in [0, 0.1) is 10.1 Å². The number of carbonyl (C=O) groups excluding carboxylic acids is 1. The van der Waals surface area contributed by atoms with E-state index in [4.69, 9.17) is 16.3 Å². The van der Waals surface area contributed by atoms with Gasteiger partial charge in [0.15, 0.2) is 0 Å². The molecule has 9 nitrogen and oxygen atoms in total. The van der Waals surface area contributed by atoms with Crippen molar-refractivity contribution in [2.24, 2.45) is 0 Å². The Morgan fingerprint density at radius 1 is 1.50 bits per heavy atom. The molecule has 0 saturated carbocycles. The van der Waals surface area contributed by atoms with Gasteiger partial charge in [0.1, 0.15) is 6.33 Å². The van der Waals surface area contributed by atoms with Crippen molar-refractivity contribution >= 4 is 29.0 Å². The van der Waals surface area contributed by atoms with Gasteiger partial charge in [0.2, 0.25) is 16.9 Å². The van der Waals surface area contributed by atoms with Gasteiger partial charge in [-0.15, -0.1) is 0 Å². The zero-order chi connectivity index (χ0) is 15.0. The second-order valence-electron chi connectivity index (χ2n) is 3.64. The molecule has 0 aromatic carbocycles.